The molecule has 0 unspecified atom stereocenters. The third kappa shape index (κ3) is 2.79. The van der Waals surface area contributed by atoms with E-state index < -0.39 is 0 Å². The maximum atomic E-state index is 12.0. The van der Waals surface area contributed by atoms with Gasteiger partial charge in [-0.15, -0.1) is 0 Å². The second kappa shape index (κ2) is 5.34. The third-order valence-corrected chi connectivity index (χ3v) is 2.54. The first-order valence-corrected chi connectivity index (χ1v) is 5.69. The standard InChI is InChI=1S/C13H14N4O2/c1-16(2)12(18)10-5-3-4-6-11(10)15-13(19)17-8-7-14-9-17/h3-9H,1-2H3,(H,15,19). The number of hydrogen-bond acceptors (Lipinski definition) is 3. The van der Waals surface area contributed by atoms with Gasteiger partial charge in [0.15, 0.2) is 0 Å². The summed E-state index contributed by atoms with van der Waals surface area (Å²) in [7, 11) is 3.33. The molecule has 1 aromatic heterocycles. The van der Waals surface area contributed by atoms with Crippen molar-refractivity contribution >= 4 is 17.6 Å². The summed E-state index contributed by atoms with van der Waals surface area (Å²) in [6, 6.07) is 6.51. The normalized spacial score (nSPS) is 10.0. The summed E-state index contributed by atoms with van der Waals surface area (Å²) in [6.45, 7) is 0. The number of benzene rings is 1. The van der Waals surface area contributed by atoms with E-state index in [0.717, 1.165) is 0 Å². The molecule has 0 aliphatic rings. The molecule has 2 amide bonds. The second-order valence-corrected chi connectivity index (χ2v) is 4.15. The molecule has 0 saturated carbocycles. The minimum atomic E-state index is -0.364. The fraction of sp³-hybridized carbons (Fsp3) is 0.154. The fourth-order valence-corrected chi connectivity index (χ4v) is 1.58. The molecule has 0 bridgehead atoms. The predicted octanol–water partition coefficient (Wildman–Crippen LogP) is 1.67. The Morgan fingerprint density at radius 2 is 2.00 bits per heavy atom. The van der Waals surface area contributed by atoms with E-state index in [4.69, 9.17) is 0 Å². The smallest absolute Gasteiger partial charge is 0.331 e. The summed E-state index contributed by atoms with van der Waals surface area (Å²) in [5.41, 5.74) is 0.917. The van der Waals surface area contributed by atoms with E-state index >= 15 is 0 Å². The van der Waals surface area contributed by atoms with Gasteiger partial charge in [0.05, 0.1) is 11.3 Å². The monoisotopic (exact) mass is 258 g/mol. The number of aromatic nitrogens is 2. The first-order valence-electron chi connectivity index (χ1n) is 5.69. The quantitative estimate of drug-likeness (QED) is 0.890. The highest BCUT2D eigenvalue weighted by Gasteiger charge is 2.14. The molecule has 0 atom stereocenters. The average molecular weight is 258 g/mol. The lowest BCUT2D eigenvalue weighted by molar-refractivity contribution is 0.0828. The molecule has 0 spiro atoms. The summed E-state index contributed by atoms with van der Waals surface area (Å²) in [5.74, 6) is -0.165. The van der Waals surface area contributed by atoms with Crippen molar-refractivity contribution in [3.63, 3.8) is 0 Å². The van der Waals surface area contributed by atoms with Crippen LogP contribution in [0.2, 0.25) is 0 Å². The van der Waals surface area contributed by atoms with Crippen molar-refractivity contribution in [1.82, 2.24) is 14.5 Å². The van der Waals surface area contributed by atoms with Crippen LogP contribution in [0.25, 0.3) is 0 Å². The average Bonchev–Trinajstić information content (AvgIpc) is 2.92. The molecule has 1 aromatic carbocycles. The molecule has 2 aromatic rings. The molecule has 98 valence electrons. The molecule has 6 nitrogen and oxygen atoms in total. The van der Waals surface area contributed by atoms with E-state index in [9.17, 15) is 9.59 Å². The highest BCUT2D eigenvalue weighted by atomic mass is 16.2. The molecule has 19 heavy (non-hydrogen) atoms. The number of rotatable bonds is 2. The Kier molecular flexibility index (Phi) is 3.61. The van der Waals surface area contributed by atoms with Crippen LogP contribution in [-0.2, 0) is 0 Å². The van der Waals surface area contributed by atoms with E-state index in [1.165, 1.54) is 28.2 Å². The van der Waals surface area contributed by atoms with Gasteiger partial charge < -0.3 is 10.2 Å². The van der Waals surface area contributed by atoms with Gasteiger partial charge in [-0.05, 0) is 12.1 Å². The van der Waals surface area contributed by atoms with Crippen molar-refractivity contribution < 1.29 is 9.59 Å². The van der Waals surface area contributed by atoms with Crippen LogP contribution in [0.15, 0.2) is 43.0 Å². The number of para-hydroxylation sites is 1. The van der Waals surface area contributed by atoms with E-state index in [0.29, 0.717) is 11.3 Å². The molecule has 0 saturated heterocycles. The Morgan fingerprint density at radius 3 is 2.63 bits per heavy atom. The summed E-state index contributed by atoms with van der Waals surface area (Å²) in [5, 5.41) is 2.69. The third-order valence-electron chi connectivity index (χ3n) is 2.54. The summed E-state index contributed by atoms with van der Waals surface area (Å²) in [6.07, 6.45) is 4.44. The molecule has 2 rings (SSSR count). The van der Waals surface area contributed by atoms with Crippen LogP contribution in [0.3, 0.4) is 0 Å². The number of carbonyl (C=O) groups is 2. The van der Waals surface area contributed by atoms with Gasteiger partial charge in [-0.25, -0.2) is 9.78 Å². The Bertz CT molecular complexity index is 590. The van der Waals surface area contributed by atoms with E-state index in [1.807, 2.05) is 0 Å². The lowest BCUT2D eigenvalue weighted by Crippen LogP contribution is -2.25. The van der Waals surface area contributed by atoms with Crippen LogP contribution in [0.5, 0.6) is 0 Å². The maximum absolute atomic E-state index is 12.0. The van der Waals surface area contributed by atoms with Gasteiger partial charge >= 0.3 is 6.03 Å². The summed E-state index contributed by atoms with van der Waals surface area (Å²) < 4.78 is 1.30. The van der Waals surface area contributed by atoms with Crippen LogP contribution < -0.4 is 5.32 Å². The molecule has 0 fully saturated rings. The lowest BCUT2D eigenvalue weighted by Gasteiger charge is -2.14. The zero-order chi connectivity index (χ0) is 13.8. The second-order valence-electron chi connectivity index (χ2n) is 4.15. The Labute approximate surface area is 110 Å². The lowest BCUT2D eigenvalue weighted by atomic mass is 10.1. The molecule has 1 N–H and O–H groups in total. The van der Waals surface area contributed by atoms with Gasteiger partial charge in [0.25, 0.3) is 5.91 Å². The van der Waals surface area contributed by atoms with Crippen LogP contribution in [0.1, 0.15) is 10.4 Å². The molecule has 1 heterocycles. The van der Waals surface area contributed by atoms with Crippen LogP contribution in [0.4, 0.5) is 10.5 Å². The van der Waals surface area contributed by atoms with Crippen molar-refractivity contribution in [3.8, 4) is 0 Å². The van der Waals surface area contributed by atoms with Crippen molar-refractivity contribution in [1.29, 1.82) is 0 Å². The number of imidazole rings is 1. The van der Waals surface area contributed by atoms with Crippen molar-refractivity contribution in [2.24, 2.45) is 0 Å². The van der Waals surface area contributed by atoms with Gasteiger partial charge in [-0.1, -0.05) is 12.1 Å². The summed E-state index contributed by atoms with van der Waals surface area (Å²) in [4.78, 5) is 29.2. The number of hydrogen-bond donors (Lipinski definition) is 1. The van der Waals surface area contributed by atoms with Gasteiger partial charge in [0, 0.05) is 26.5 Å². The van der Waals surface area contributed by atoms with E-state index in [1.54, 1.807) is 38.4 Å². The number of amides is 2. The minimum Gasteiger partial charge on any atom is -0.345 e. The van der Waals surface area contributed by atoms with Crippen LogP contribution in [0, 0.1) is 0 Å². The van der Waals surface area contributed by atoms with Crippen LogP contribution in [-0.4, -0.2) is 40.5 Å². The molecule has 0 aliphatic carbocycles. The highest BCUT2D eigenvalue weighted by molar-refractivity contribution is 6.03. The SMILES string of the molecule is CN(C)C(=O)c1ccccc1NC(=O)n1ccnc1. The zero-order valence-electron chi connectivity index (χ0n) is 10.7. The first-order chi connectivity index (χ1) is 9.09. The number of carbonyl (C=O) groups excluding carboxylic acids is 2. The first kappa shape index (κ1) is 12.8. The highest BCUT2D eigenvalue weighted by Crippen LogP contribution is 2.16. The molecular formula is C13H14N4O2. The molecular weight excluding hydrogens is 244 g/mol. The topological polar surface area (TPSA) is 67.2 Å². The molecule has 0 radical (unpaired) electrons. The molecule has 0 aliphatic heterocycles. The van der Waals surface area contributed by atoms with E-state index in [2.05, 4.69) is 10.3 Å². The van der Waals surface area contributed by atoms with Gasteiger partial charge in [0.2, 0.25) is 0 Å². The Balaban J connectivity index is 2.26. The largest absolute Gasteiger partial charge is 0.345 e. The Morgan fingerprint density at radius 1 is 1.26 bits per heavy atom. The summed E-state index contributed by atoms with van der Waals surface area (Å²) >= 11 is 0. The van der Waals surface area contributed by atoms with Gasteiger partial charge in [0.1, 0.15) is 6.33 Å². The van der Waals surface area contributed by atoms with Crippen molar-refractivity contribution in [2.75, 3.05) is 19.4 Å². The maximum Gasteiger partial charge on any atom is 0.331 e. The minimum absolute atomic E-state index is 0.165. The number of anilines is 1. The van der Waals surface area contributed by atoms with Gasteiger partial charge in [-0.2, -0.15) is 0 Å². The van der Waals surface area contributed by atoms with E-state index in [-0.39, 0.29) is 11.9 Å². The molecule has 6 heteroatoms. The van der Waals surface area contributed by atoms with Crippen LogP contribution >= 0.6 is 0 Å². The predicted molar refractivity (Wildman–Crippen MR) is 71.1 cm³/mol. The fourth-order valence-electron chi connectivity index (χ4n) is 1.58. The zero-order valence-corrected chi connectivity index (χ0v) is 10.7. The van der Waals surface area contributed by atoms with Crippen molar-refractivity contribution in [2.45, 2.75) is 0 Å². The van der Waals surface area contributed by atoms with Crippen molar-refractivity contribution in [3.05, 3.63) is 48.5 Å². The Hall–Kier alpha value is -2.63. The number of nitrogens with one attached hydrogen (secondary N) is 1. The number of nitrogens with zero attached hydrogens (tertiary/aromatic N) is 3. The van der Waals surface area contributed by atoms with Gasteiger partial charge in [-0.3, -0.25) is 9.36 Å².